The Morgan fingerprint density at radius 2 is 2.12 bits per heavy atom. The molecule has 0 amide bonds. The molecule has 0 spiro atoms. The van der Waals surface area contributed by atoms with Crippen molar-refractivity contribution in [2.24, 2.45) is 11.1 Å². The first-order valence-electron chi connectivity index (χ1n) is 5.02. The molecule has 88 valence electrons. The van der Waals surface area contributed by atoms with Gasteiger partial charge in [-0.25, -0.2) is 0 Å². The van der Waals surface area contributed by atoms with Crippen molar-refractivity contribution in [2.75, 3.05) is 7.11 Å². The van der Waals surface area contributed by atoms with Gasteiger partial charge in [0, 0.05) is 6.04 Å². The van der Waals surface area contributed by atoms with Crippen LogP contribution in [0.3, 0.4) is 0 Å². The predicted molar refractivity (Wildman–Crippen MR) is 60.8 cm³/mol. The van der Waals surface area contributed by atoms with Crippen molar-refractivity contribution in [3.8, 4) is 5.75 Å². The molecule has 0 aliphatic heterocycles. The highest BCUT2D eigenvalue weighted by Gasteiger charge is 2.36. The molecule has 1 atom stereocenters. The Balaban J connectivity index is 3.01. The largest absolute Gasteiger partial charge is 0.508 e. The number of hydrogen-bond acceptors (Lipinski definition) is 4. The molecule has 0 saturated heterocycles. The van der Waals surface area contributed by atoms with Crippen LogP contribution in [-0.4, -0.2) is 18.2 Å². The van der Waals surface area contributed by atoms with E-state index in [1.165, 1.54) is 7.11 Å². The summed E-state index contributed by atoms with van der Waals surface area (Å²) in [7, 11) is 1.33. The molecule has 0 saturated carbocycles. The highest BCUT2D eigenvalue weighted by molar-refractivity contribution is 5.77. The van der Waals surface area contributed by atoms with Gasteiger partial charge in [0.2, 0.25) is 0 Å². The van der Waals surface area contributed by atoms with Crippen LogP contribution < -0.4 is 5.73 Å². The van der Waals surface area contributed by atoms with Gasteiger partial charge in [0.1, 0.15) is 5.75 Å². The van der Waals surface area contributed by atoms with Crippen LogP contribution in [-0.2, 0) is 9.53 Å². The molecule has 0 aliphatic carbocycles. The van der Waals surface area contributed by atoms with Crippen molar-refractivity contribution in [3.05, 3.63) is 29.8 Å². The number of hydrogen-bond donors (Lipinski definition) is 2. The average Bonchev–Trinajstić information content (AvgIpc) is 2.26. The second-order valence-electron chi connectivity index (χ2n) is 4.29. The maximum absolute atomic E-state index is 11.6. The molecule has 0 heterocycles. The van der Waals surface area contributed by atoms with Crippen molar-refractivity contribution < 1.29 is 14.6 Å². The maximum Gasteiger partial charge on any atom is 0.313 e. The van der Waals surface area contributed by atoms with Gasteiger partial charge in [-0.1, -0.05) is 12.1 Å². The van der Waals surface area contributed by atoms with E-state index in [1.807, 2.05) is 0 Å². The van der Waals surface area contributed by atoms with Gasteiger partial charge in [-0.2, -0.15) is 0 Å². The van der Waals surface area contributed by atoms with Crippen molar-refractivity contribution in [1.82, 2.24) is 0 Å². The molecular weight excluding hydrogens is 206 g/mol. The van der Waals surface area contributed by atoms with E-state index >= 15 is 0 Å². The summed E-state index contributed by atoms with van der Waals surface area (Å²) in [6.07, 6.45) is 0. The number of rotatable bonds is 3. The van der Waals surface area contributed by atoms with Gasteiger partial charge in [0.15, 0.2) is 0 Å². The Labute approximate surface area is 95.0 Å². The summed E-state index contributed by atoms with van der Waals surface area (Å²) in [5.74, 6) is -0.239. The molecule has 1 rings (SSSR count). The number of phenolic OH excluding ortho intramolecular Hbond substituents is 1. The Morgan fingerprint density at radius 1 is 1.50 bits per heavy atom. The molecule has 4 heteroatoms. The van der Waals surface area contributed by atoms with Crippen LogP contribution in [0.2, 0.25) is 0 Å². The molecule has 4 nitrogen and oxygen atoms in total. The molecule has 0 aliphatic rings. The third kappa shape index (κ3) is 2.33. The molecular formula is C12H17NO3. The average molecular weight is 223 g/mol. The van der Waals surface area contributed by atoms with E-state index in [-0.39, 0.29) is 11.7 Å². The summed E-state index contributed by atoms with van der Waals surface area (Å²) in [4.78, 5) is 11.6. The van der Waals surface area contributed by atoms with Gasteiger partial charge >= 0.3 is 5.97 Å². The second-order valence-corrected chi connectivity index (χ2v) is 4.29. The van der Waals surface area contributed by atoms with Crippen molar-refractivity contribution >= 4 is 5.97 Å². The Kier molecular flexibility index (Phi) is 3.55. The van der Waals surface area contributed by atoms with E-state index < -0.39 is 11.5 Å². The Hall–Kier alpha value is -1.55. The number of aromatic hydroxyl groups is 1. The van der Waals surface area contributed by atoms with E-state index in [0.717, 1.165) is 0 Å². The zero-order valence-corrected chi connectivity index (χ0v) is 9.73. The summed E-state index contributed by atoms with van der Waals surface area (Å²) >= 11 is 0. The Bertz CT molecular complexity index is 388. The number of carbonyl (C=O) groups excluding carboxylic acids is 1. The Morgan fingerprint density at radius 3 is 2.62 bits per heavy atom. The van der Waals surface area contributed by atoms with Gasteiger partial charge in [-0.15, -0.1) is 0 Å². The van der Waals surface area contributed by atoms with Crippen LogP contribution in [0.15, 0.2) is 24.3 Å². The van der Waals surface area contributed by atoms with Crippen LogP contribution in [0.5, 0.6) is 5.75 Å². The SMILES string of the molecule is COC(=O)C(C)(C)[C@H](N)c1cccc(O)c1. The number of ether oxygens (including phenoxy) is 1. The summed E-state index contributed by atoms with van der Waals surface area (Å²) in [6.45, 7) is 3.43. The quantitative estimate of drug-likeness (QED) is 0.763. The third-order valence-corrected chi connectivity index (χ3v) is 2.72. The first-order chi connectivity index (χ1) is 7.39. The van der Waals surface area contributed by atoms with Crippen LogP contribution in [0, 0.1) is 5.41 Å². The van der Waals surface area contributed by atoms with Crippen molar-refractivity contribution in [2.45, 2.75) is 19.9 Å². The fourth-order valence-corrected chi connectivity index (χ4v) is 1.52. The molecule has 0 aromatic heterocycles. The van der Waals surface area contributed by atoms with Gasteiger partial charge in [-0.3, -0.25) is 4.79 Å². The van der Waals surface area contributed by atoms with Crippen LogP contribution >= 0.6 is 0 Å². The molecule has 0 fully saturated rings. The van der Waals surface area contributed by atoms with Crippen LogP contribution in [0.1, 0.15) is 25.5 Å². The normalized spacial score (nSPS) is 13.2. The summed E-state index contributed by atoms with van der Waals surface area (Å²) in [5.41, 5.74) is 5.88. The highest BCUT2D eigenvalue weighted by atomic mass is 16.5. The zero-order valence-electron chi connectivity index (χ0n) is 9.73. The van der Waals surface area contributed by atoms with Gasteiger partial charge in [0.05, 0.1) is 12.5 Å². The van der Waals surface area contributed by atoms with E-state index in [4.69, 9.17) is 10.5 Å². The standard InChI is InChI=1S/C12H17NO3/c1-12(2,11(15)16-3)10(13)8-5-4-6-9(14)7-8/h4-7,10,14H,13H2,1-3H3/t10-/m1/s1. The zero-order chi connectivity index (χ0) is 12.3. The molecule has 1 aromatic carbocycles. The van der Waals surface area contributed by atoms with E-state index in [2.05, 4.69) is 0 Å². The first kappa shape index (κ1) is 12.5. The fourth-order valence-electron chi connectivity index (χ4n) is 1.52. The van der Waals surface area contributed by atoms with E-state index in [0.29, 0.717) is 5.56 Å². The van der Waals surface area contributed by atoms with Crippen LogP contribution in [0.25, 0.3) is 0 Å². The molecule has 1 aromatic rings. The smallest absolute Gasteiger partial charge is 0.313 e. The van der Waals surface area contributed by atoms with Crippen molar-refractivity contribution in [3.63, 3.8) is 0 Å². The number of methoxy groups -OCH3 is 1. The monoisotopic (exact) mass is 223 g/mol. The maximum atomic E-state index is 11.6. The summed E-state index contributed by atoms with van der Waals surface area (Å²) < 4.78 is 4.71. The van der Waals surface area contributed by atoms with Crippen molar-refractivity contribution in [1.29, 1.82) is 0 Å². The number of carbonyl (C=O) groups is 1. The van der Waals surface area contributed by atoms with Crippen LogP contribution in [0.4, 0.5) is 0 Å². The second kappa shape index (κ2) is 4.53. The molecule has 16 heavy (non-hydrogen) atoms. The lowest BCUT2D eigenvalue weighted by Crippen LogP contribution is -2.37. The minimum absolute atomic E-state index is 0.133. The highest BCUT2D eigenvalue weighted by Crippen LogP contribution is 2.33. The number of esters is 1. The molecule has 0 unspecified atom stereocenters. The van der Waals surface area contributed by atoms with Gasteiger partial charge in [0.25, 0.3) is 0 Å². The first-order valence-corrected chi connectivity index (χ1v) is 5.02. The minimum Gasteiger partial charge on any atom is -0.508 e. The minimum atomic E-state index is -0.831. The molecule has 0 bridgehead atoms. The van der Waals surface area contributed by atoms with Gasteiger partial charge in [-0.05, 0) is 31.5 Å². The molecule has 0 radical (unpaired) electrons. The molecule has 3 N–H and O–H groups in total. The number of nitrogens with two attached hydrogens (primary N) is 1. The summed E-state index contributed by atoms with van der Waals surface area (Å²) in [5, 5.41) is 9.35. The van der Waals surface area contributed by atoms with E-state index in [9.17, 15) is 9.90 Å². The lowest BCUT2D eigenvalue weighted by Gasteiger charge is -2.28. The predicted octanol–water partition coefficient (Wildman–Crippen LogP) is 1.59. The number of benzene rings is 1. The number of phenols is 1. The lowest BCUT2D eigenvalue weighted by atomic mass is 9.81. The van der Waals surface area contributed by atoms with Gasteiger partial charge < -0.3 is 15.6 Å². The summed E-state index contributed by atoms with van der Waals surface area (Å²) in [6, 6.07) is 6.05. The fraction of sp³-hybridized carbons (Fsp3) is 0.417. The topological polar surface area (TPSA) is 72.5 Å². The third-order valence-electron chi connectivity index (χ3n) is 2.72. The van der Waals surface area contributed by atoms with E-state index in [1.54, 1.807) is 38.1 Å². The lowest BCUT2D eigenvalue weighted by molar-refractivity contribution is -0.152.